The van der Waals surface area contributed by atoms with Gasteiger partial charge in [-0.15, -0.1) is 11.3 Å². The first-order chi connectivity index (χ1) is 8.25. The second kappa shape index (κ2) is 6.37. The maximum atomic E-state index is 11.9. The van der Waals surface area contributed by atoms with Crippen LogP contribution in [0.2, 0.25) is 0 Å². The summed E-state index contributed by atoms with van der Waals surface area (Å²) in [5.74, 6) is 1.10. The number of thiazole rings is 1. The van der Waals surface area contributed by atoms with Crippen molar-refractivity contribution in [3.05, 3.63) is 11.1 Å². The summed E-state index contributed by atoms with van der Waals surface area (Å²) in [4.78, 5) is 18.2. The number of rotatable bonds is 4. The molecule has 6 heteroatoms. The van der Waals surface area contributed by atoms with E-state index in [1.165, 1.54) is 0 Å². The quantitative estimate of drug-likeness (QED) is 0.840. The van der Waals surface area contributed by atoms with E-state index in [1.54, 1.807) is 23.1 Å². The van der Waals surface area contributed by atoms with Crippen molar-refractivity contribution in [2.45, 2.75) is 17.7 Å². The lowest BCUT2D eigenvalue weighted by molar-refractivity contribution is -0.131. The van der Waals surface area contributed by atoms with Gasteiger partial charge < -0.3 is 10.2 Å². The molecule has 0 atom stereocenters. The van der Waals surface area contributed by atoms with Crippen LogP contribution in [-0.4, -0.2) is 47.7 Å². The first-order valence-corrected chi connectivity index (χ1v) is 7.65. The second-order valence-electron chi connectivity index (χ2n) is 3.98. The highest BCUT2D eigenvalue weighted by atomic mass is 32.2. The fraction of sp³-hybridized carbons (Fsp3) is 0.636. The standard InChI is InChI=1S/C11H17N3OS2/c1-9-8-17-11(13-9)16-7-2-10(15)14-5-3-12-4-6-14/h8,12H,2-7H2,1H3. The largest absolute Gasteiger partial charge is 0.340 e. The van der Waals surface area contributed by atoms with Gasteiger partial charge in [-0.3, -0.25) is 4.79 Å². The van der Waals surface area contributed by atoms with Gasteiger partial charge in [-0.25, -0.2) is 4.98 Å². The smallest absolute Gasteiger partial charge is 0.223 e. The van der Waals surface area contributed by atoms with Crippen molar-refractivity contribution in [3.63, 3.8) is 0 Å². The molecule has 0 bridgehead atoms. The molecule has 0 aliphatic carbocycles. The van der Waals surface area contributed by atoms with Crippen molar-refractivity contribution >= 4 is 29.0 Å². The van der Waals surface area contributed by atoms with Crippen LogP contribution >= 0.6 is 23.1 Å². The summed E-state index contributed by atoms with van der Waals surface area (Å²) in [6.45, 7) is 5.53. The summed E-state index contributed by atoms with van der Waals surface area (Å²) in [6.07, 6.45) is 0.614. The zero-order valence-corrected chi connectivity index (χ0v) is 11.6. The van der Waals surface area contributed by atoms with Crippen LogP contribution in [-0.2, 0) is 4.79 Å². The van der Waals surface area contributed by atoms with Crippen LogP contribution in [0.1, 0.15) is 12.1 Å². The lowest BCUT2D eigenvalue weighted by atomic mass is 10.3. The monoisotopic (exact) mass is 271 g/mol. The van der Waals surface area contributed by atoms with Gasteiger partial charge in [0.1, 0.15) is 4.34 Å². The molecule has 17 heavy (non-hydrogen) atoms. The summed E-state index contributed by atoms with van der Waals surface area (Å²) in [7, 11) is 0. The van der Waals surface area contributed by atoms with Gasteiger partial charge in [0.25, 0.3) is 0 Å². The average Bonchev–Trinajstić information content (AvgIpc) is 2.76. The molecule has 1 fully saturated rings. The zero-order chi connectivity index (χ0) is 12.1. The van der Waals surface area contributed by atoms with Crippen LogP contribution in [0.4, 0.5) is 0 Å². The van der Waals surface area contributed by atoms with Crippen LogP contribution in [0.3, 0.4) is 0 Å². The zero-order valence-electron chi connectivity index (χ0n) is 9.94. The van der Waals surface area contributed by atoms with Gasteiger partial charge in [0, 0.05) is 49.4 Å². The maximum absolute atomic E-state index is 11.9. The van der Waals surface area contributed by atoms with Crippen molar-refractivity contribution in [1.82, 2.24) is 15.2 Å². The van der Waals surface area contributed by atoms with Crippen LogP contribution < -0.4 is 5.32 Å². The van der Waals surface area contributed by atoms with Gasteiger partial charge >= 0.3 is 0 Å². The Morgan fingerprint density at radius 2 is 2.35 bits per heavy atom. The van der Waals surface area contributed by atoms with Crippen LogP contribution in [0.5, 0.6) is 0 Å². The molecule has 1 saturated heterocycles. The number of aromatic nitrogens is 1. The number of amides is 1. The molecule has 1 amide bonds. The predicted octanol–water partition coefficient (Wildman–Crippen LogP) is 1.37. The van der Waals surface area contributed by atoms with E-state index in [4.69, 9.17) is 0 Å². The van der Waals surface area contributed by atoms with Crippen LogP contribution in [0.25, 0.3) is 0 Å². The Kier molecular flexibility index (Phi) is 4.82. The van der Waals surface area contributed by atoms with Gasteiger partial charge in [0.05, 0.1) is 0 Å². The summed E-state index contributed by atoms with van der Waals surface area (Å²) in [5.41, 5.74) is 1.06. The minimum atomic E-state index is 0.271. The number of thioether (sulfide) groups is 1. The van der Waals surface area contributed by atoms with Gasteiger partial charge in [0.15, 0.2) is 0 Å². The summed E-state index contributed by atoms with van der Waals surface area (Å²) in [5, 5.41) is 5.29. The van der Waals surface area contributed by atoms with E-state index in [0.29, 0.717) is 6.42 Å². The minimum Gasteiger partial charge on any atom is -0.340 e. The normalized spacial score (nSPS) is 16.2. The van der Waals surface area contributed by atoms with Crippen molar-refractivity contribution in [1.29, 1.82) is 0 Å². The molecule has 1 N–H and O–H groups in total. The van der Waals surface area contributed by atoms with Crippen LogP contribution in [0.15, 0.2) is 9.72 Å². The van der Waals surface area contributed by atoms with Gasteiger partial charge in [0.2, 0.25) is 5.91 Å². The number of piperazine rings is 1. The molecule has 4 nitrogen and oxygen atoms in total. The molecule has 0 radical (unpaired) electrons. The third-order valence-electron chi connectivity index (χ3n) is 2.61. The number of nitrogens with zero attached hydrogens (tertiary/aromatic N) is 2. The Morgan fingerprint density at radius 1 is 1.59 bits per heavy atom. The highest BCUT2D eigenvalue weighted by Gasteiger charge is 2.15. The van der Waals surface area contributed by atoms with Gasteiger partial charge in [-0.2, -0.15) is 0 Å². The van der Waals surface area contributed by atoms with E-state index < -0.39 is 0 Å². The number of aryl methyl sites for hydroxylation is 1. The molecule has 1 aromatic rings. The molecule has 0 unspecified atom stereocenters. The minimum absolute atomic E-state index is 0.271. The molecule has 2 rings (SSSR count). The van der Waals surface area contributed by atoms with E-state index in [-0.39, 0.29) is 5.91 Å². The Morgan fingerprint density at radius 3 is 3.00 bits per heavy atom. The second-order valence-corrected chi connectivity index (χ2v) is 6.18. The molecular weight excluding hydrogens is 254 g/mol. The van der Waals surface area contributed by atoms with Crippen LogP contribution in [0, 0.1) is 6.92 Å². The predicted molar refractivity (Wildman–Crippen MR) is 71.6 cm³/mol. The molecule has 2 heterocycles. The molecule has 1 aromatic heterocycles. The maximum Gasteiger partial charge on any atom is 0.223 e. The first-order valence-electron chi connectivity index (χ1n) is 5.79. The fourth-order valence-electron chi connectivity index (χ4n) is 1.70. The molecule has 1 aliphatic rings. The Hall–Kier alpha value is -0.590. The lowest BCUT2D eigenvalue weighted by Crippen LogP contribution is -2.46. The van der Waals surface area contributed by atoms with E-state index in [2.05, 4.69) is 10.3 Å². The Balaban J connectivity index is 1.69. The fourth-order valence-corrected chi connectivity index (χ4v) is 3.54. The third kappa shape index (κ3) is 3.97. The van der Waals surface area contributed by atoms with Crippen molar-refractivity contribution in [2.24, 2.45) is 0 Å². The third-order valence-corrected chi connectivity index (χ3v) is 4.75. The van der Waals surface area contributed by atoms with Crippen molar-refractivity contribution in [3.8, 4) is 0 Å². The highest BCUT2D eigenvalue weighted by molar-refractivity contribution is 8.01. The highest BCUT2D eigenvalue weighted by Crippen LogP contribution is 2.23. The van der Waals surface area contributed by atoms with E-state index in [1.807, 2.05) is 17.2 Å². The van der Waals surface area contributed by atoms with Crippen molar-refractivity contribution in [2.75, 3.05) is 31.9 Å². The summed E-state index contributed by atoms with van der Waals surface area (Å²) >= 11 is 3.33. The number of carbonyl (C=O) groups excluding carboxylic acids is 1. The SMILES string of the molecule is Cc1csc(SCCC(=O)N2CCNCC2)n1. The number of hydrogen-bond acceptors (Lipinski definition) is 5. The molecule has 94 valence electrons. The molecule has 0 saturated carbocycles. The first kappa shape index (κ1) is 12.9. The van der Waals surface area contributed by atoms with E-state index in [0.717, 1.165) is 42.0 Å². The number of nitrogens with one attached hydrogen (secondary N) is 1. The lowest BCUT2D eigenvalue weighted by Gasteiger charge is -2.27. The van der Waals surface area contributed by atoms with Crippen molar-refractivity contribution < 1.29 is 4.79 Å². The summed E-state index contributed by atoms with van der Waals surface area (Å²) in [6, 6.07) is 0. The van der Waals surface area contributed by atoms with E-state index >= 15 is 0 Å². The topological polar surface area (TPSA) is 45.2 Å². The molecule has 1 aliphatic heterocycles. The number of carbonyl (C=O) groups is 1. The Labute approximate surface area is 110 Å². The summed E-state index contributed by atoms with van der Waals surface area (Å²) < 4.78 is 1.07. The molecule has 0 spiro atoms. The average molecular weight is 271 g/mol. The van der Waals surface area contributed by atoms with E-state index in [9.17, 15) is 4.79 Å². The Bertz CT molecular complexity index is 375. The number of hydrogen-bond donors (Lipinski definition) is 1. The molecular formula is C11H17N3OS2. The van der Waals surface area contributed by atoms with Gasteiger partial charge in [-0.05, 0) is 6.92 Å². The van der Waals surface area contributed by atoms with Gasteiger partial charge in [-0.1, -0.05) is 11.8 Å². The molecule has 0 aromatic carbocycles.